The third-order valence-electron chi connectivity index (χ3n) is 2.94. The highest BCUT2D eigenvalue weighted by Gasteiger charge is 2.24. The minimum Gasteiger partial charge on any atom is -0.320 e. The summed E-state index contributed by atoms with van der Waals surface area (Å²) in [4.78, 5) is 23.4. The van der Waals surface area contributed by atoms with E-state index in [1.807, 2.05) is 13.8 Å². The summed E-state index contributed by atoms with van der Waals surface area (Å²) >= 11 is 0. The number of rotatable bonds is 4. The standard InChI is InChI=1S/C12H23N3O2/c1-8(2)7-9(13)11(16)15-12(17)10-5-3-4-6-14-10/h8-10,14H,3-7,13H2,1-2H3,(H,15,16,17)/t9-,10?/m0/s1. The first kappa shape index (κ1) is 14.1. The second-order valence-electron chi connectivity index (χ2n) is 5.09. The van der Waals surface area contributed by atoms with Crippen LogP contribution < -0.4 is 16.4 Å². The van der Waals surface area contributed by atoms with Gasteiger partial charge >= 0.3 is 0 Å². The van der Waals surface area contributed by atoms with Crippen LogP contribution in [0.15, 0.2) is 0 Å². The Kier molecular flexibility index (Phi) is 5.58. The average molecular weight is 241 g/mol. The van der Waals surface area contributed by atoms with Crippen LogP contribution >= 0.6 is 0 Å². The summed E-state index contributed by atoms with van der Waals surface area (Å²) in [6.07, 6.45) is 3.50. The summed E-state index contributed by atoms with van der Waals surface area (Å²) in [7, 11) is 0. The van der Waals surface area contributed by atoms with Crippen molar-refractivity contribution >= 4 is 11.8 Å². The van der Waals surface area contributed by atoms with Crippen molar-refractivity contribution in [2.45, 2.75) is 51.6 Å². The zero-order chi connectivity index (χ0) is 12.8. The highest BCUT2D eigenvalue weighted by atomic mass is 16.2. The molecule has 5 nitrogen and oxygen atoms in total. The lowest BCUT2D eigenvalue weighted by Gasteiger charge is -2.23. The molecule has 1 aliphatic heterocycles. The molecule has 1 unspecified atom stereocenters. The number of piperidine rings is 1. The molecule has 5 heteroatoms. The molecule has 4 N–H and O–H groups in total. The zero-order valence-electron chi connectivity index (χ0n) is 10.7. The van der Waals surface area contributed by atoms with Crippen LogP contribution in [-0.4, -0.2) is 30.4 Å². The van der Waals surface area contributed by atoms with Crippen molar-refractivity contribution in [1.29, 1.82) is 0 Å². The van der Waals surface area contributed by atoms with Crippen LogP contribution in [-0.2, 0) is 9.59 Å². The quantitative estimate of drug-likeness (QED) is 0.654. The van der Waals surface area contributed by atoms with E-state index in [1.165, 1.54) is 0 Å². The zero-order valence-corrected chi connectivity index (χ0v) is 10.7. The number of carbonyl (C=O) groups excluding carboxylic acids is 2. The molecule has 0 aromatic rings. The van der Waals surface area contributed by atoms with Gasteiger partial charge in [-0.25, -0.2) is 0 Å². The maximum absolute atomic E-state index is 11.7. The van der Waals surface area contributed by atoms with Gasteiger partial charge in [0.25, 0.3) is 0 Å². The first-order valence-electron chi connectivity index (χ1n) is 6.34. The van der Waals surface area contributed by atoms with E-state index in [0.29, 0.717) is 12.3 Å². The Balaban J connectivity index is 2.36. The van der Waals surface area contributed by atoms with Gasteiger partial charge in [0.05, 0.1) is 12.1 Å². The van der Waals surface area contributed by atoms with Crippen molar-refractivity contribution in [1.82, 2.24) is 10.6 Å². The number of carbonyl (C=O) groups is 2. The molecule has 2 amide bonds. The van der Waals surface area contributed by atoms with Gasteiger partial charge in [-0.2, -0.15) is 0 Å². The minimum absolute atomic E-state index is 0.237. The van der Waals surface area contributed by atoms with Gasteiger partial charge < -0.3 is 11.1 Å². The Labute approximate surface area is 103 Å². The molecule has 1 heterocycles. The predicted octanol–water partition coefficient (Wildman–Crippen LogP) is 0.145. The van der Waals surface area contributed by atoms with E-state index in [-0.39, 0.29) is 17.9 Å². The molecule has 1 aliphatic rings. The van der Waals surface area contributed by atoms with Crippen molar-refractivity contribution < 1.29 is 9.59 Å². The van der Waals surface area contributed by atoms with Gasteiger partial charge in [0.1, 0.15) is 0 Å². The largest absolute Gasteiger partial charge is 0.320 e. The smallest absolute Gasteiger partial charge is 0.243 e. The Morgan fingerprint density at radius 3 is 2.65 bits per heavy atom. The Morgan fingerprint density at radius 1 is 1.41 bits per heavy atom. The molecule has 17 heavy (non-hydrogen) atoms. The molecular formula is C12H23N3O2. The van der Waals surface area contributed by atoms with E-state index >= 15 is 0 Å². The van der Waals surface area contributed by atoms with Gasteiger partial charge in [-0.1, -0.05) is 20.3 Å². The molecule has 0 saturated carbocycles. The summed E-state index contributed by atoms with van der Waals surface area (Å²) in [5, 5.41) is 5.49. The van der Waals surface area contributed by atoms with Crippen LogP contribution in [0, 0.1) is 5.92 Å². The molecular weight excluding hydrogens is 218 g/mol. The number of amides is 2. The van der Waals surface area contributed by atoms with Crippen LogP contribution in [0.5, 0.6) is 0 Å². The van der Waals surface area contributed by atoms with Crippen LogP contribution in [0.4, 0.5) is 0 Å². The van der Waals surface area contributed by atoms with Gasteiger partial charge in [0.15, 0.2) is 0 Å². The molecule has 1 saturated heterocycles. The van der Waals surface area contributed by atoms with Gasteiger partial charge in [-0.3, -0.25) is 14.9 Å². The molecule has 0 bridgehead atoms. The normalized spacial score (nSPS) is 22.2. The van der Waals surface area contributed by atoms with Crippen LogP contribution in [0.2, 0.25) is 0 Å². The first-order valence-corrected chi connectivity index (χ1v) is 6.34. The van der Waals surface area contributed by atoms with E-state index in [2.05, 4.69) is 10.6 Å². The summed E-state index contributed by atoms with van der Waals surface area (Å²) in [6, 6.07) is -0.832. The van der Waals surface area contributed by atoms with E-state index in [1.54, 1.807) is 0 Å². The van der Waals surface area contributed by atoms with Gasteiger partial charge in [0.2, 0.25) is 11.8 Å². The maximum atomic E-state index is 11.7. The molecule has 0 aromatic carbocycles. The monoisotopic (exact) mass is 241 g/mol. The summed E-state index contributed by atoms with van der Waals surface area (Å²) < 4.78 is 0. The maximum Gasteiger partial charge on any atom is 0.243 e. The van der Waals surface area contributed by atoms with Crippen molar-refractivity contribution in [3.8, 4) is 0 Å². The fourth-order valence-electron chi connectivity index (χ4n) is 1.99. The van der Waals surface area contributed by atoms with Gasteiger partial charge in [-0.05, 0) is 31.7 Å². The number of hydrogen-bond acceptors (Lipinski definition) is 4. The molecule has 0 aliphatic carbocycles. The topological polar surface area (TPSA) is 84.2 Å². The molecule has 0 aromatic heterocycles. The van der Waals surface area contributed by atoms with Crippen LogP contribution in [0.3, 0.4) is 0 Å². The van der Waals surface area contributed by atoms with Crippen molar-refractivity contribution in [3.63, 3.8) is 0 Å². The lowest BCUT2D eigenvalue weighted by atomic mass is 10.0. The highest BCUT2D eigenvalue weighted by molar-refractivity contribution is 5.99. The van der Waals surface area contributed by atoms with E-state index in [9.17, 15) is 9.59 Å². The lowest BCUT2D eigenvalue weighted by molar-refractivity contribution is -0.132. The summed E-state index contributed by atoms with van der Waals surface area (Å²) in [5.74, 6) is -0.261. The Bertz CT molecular complexity index is 273. The van der Waals surface area contributed by atoms with Crippen molar-refractivity contribution in [2.24, 2.45) is 11.7 Å². The SMILES string of the molecule is CC(C)C[C@H](N)C(=O)NC(=O)C1CCCCN1. The Morgan fingerprint density at radius 2 is 2.12 bits per heavy atom. The minimum atomic E-state index is -0.595. The number of hydrogen-bond donors (Lipinski definition) is 3. The third kappa shape index (κ3) is 4.83. The molecule has 0 radical (unpaired) electrons. The van der Waals surface area contributed by atoms with Crippen molar-refractivity contribution in [2.75, 3.05) is 6.54 Å². The summed E-state index contributed by atoms with van der Waals surface area (Å²) in [5.41, 5.74) is 5.71. The van der Waals surface area contributed by atoms with Gasteiger partial charge in [0, 0.05) is 0 Å². The molecule has 1 fully saturated rings. The van der Waals surface area contributed by atoms with Crippen LogP contribution in [0.1, 0.15) is 39.5 Å². The predicted molar refractivity (Wildman–Crippen MR) is 66.2 cm³/mol. The fraction of sp³-hybridized carbons (Fsp3) is 0.833. The van der Waals surface area contributed by atoms with Crippen LogP contribution in [0.25, 0.3) is 0 Å². The molecule has 1 rings (SSSR count). The number of nitrogens with one attached hydrogen (secondary N) is 2. The second kappa shape index (κ2) is 6.71. The first-order chi connectivity index (χ1) is 8.00. The van der Waals surface area contributed by atoms with E-state index in [4.69, 9.17) is 5.73 Å². The number of imide groups is 1. The van der Waals surface area contributed by atoms with E-state index < -0.39 is 6.04 Å². The van der Waals surface area contributed by atoms with E-state index in [0.717, 1.165) is 25.8 Å². The second-order valence-corrected chi connectivity index (χ2v) is 5.09. The average Bonchev–Trinajstić information content (AvgIpc) is 2.29. The highest BCUT2D eigenvalue weighted by Crippen LogP contribution is 2.07. The van der Waals surface area contributed by atoms with Crippen molar-refractivity contribution in [3.05, 3.63) is 0 Å². The summed E-state index contributed by atoms with van der Waals surface area (Å²) in [6.45, 7) is 4.83. The third-order valence-corrected chi connectivity index (χ3v) is 2.94. The molecule has 2 atom stereocenters. The molecule has 0 spiro atoms. The number of nitrogens with two attached hydrogens (primary N) is 1. The molecule has 98 valence electrons. The Hall–Kier alpha value is -0.940. The fourth-order valence-corrected chi connectivity index (χ4v) is 1.99. The van der Waals surface area contributed by atoms with Gasteiger partial charge in [-0.15, -0.1) is 0 Å². The lowest BCUT2D eigenvalue weighted by Crippen LogP contribution is -2.52.